The highest BCUT2D eigenvalue weighted by Gasteiger charge is 2.44. The molecule has 43 heavy (non-hydrogen) atoms. The van der Waals surface area contributed by atoms with Crippen molar-refractivity contribution in [3.63, 3.8) is 0 Å². The van der Waals surface area contributed by atoms with Crippen LogP contribution in [0.2, 0.25) is 0 Å². The van der Waals surface area contributed by atoms with Gasteiger partial charge in [-0.25, -0.2) is 19.4 Å². The average molecular weight is 593 g/mol. The van der Waals surface area contributed by atoms with Gasteiger partial charge in [0.05, 0.1) is 12.1 Å². The maximum atomic E-state index is 12.4. The van der Waals surface area contributed by atoms with Crippen LogP contribution in [0.15, 0.2) is 60.7 Å². The molecule has 0 N–H and O–H groups in total. The summed E-state index contributed by atoms with van der Waals surface area (Å²) in [5.41, 5.74) is 1.86. The Bertz CT molecular complexity index is 1200. The molecule has 4 amide bonds. The summed E-state index contributed by atoms with van der Waals surface area (Å²) in [6.45, 7) is 12.2. The van der Waals surface area contributed by atoms with E-state index in [1.165, 1.54) is 9.80 Å². The Morgan fingerprint density at radius 3 is 1.44 bits per heavy atom. The molecule has 2 aromatic rings. The minimum atomic E-state index is -0.523. The largest absolute Gasteiger partial charge is 0.439 e. The fourth-order valence-corrected chi connectivity index (χ4v) is 5.59. The maximum absolute atomic E-state index is 12.4. The standard InChI is InChI=1S/C18H25NO3.C17H23NO3/c1-4-8-13(2)11-12-16(20)19-14(3)17(22-18(19)21)15-9-6-5-7-10-15;1-4-12(2)10-11-15(19)18-13(3)16(21-17(18)20)14-8-6-5-7-9-14/h5-7,9-10,13-14,17H,4,8,11-12H2,1-3H3;5-9,12-13,16H,4,10-11H2,1-3H3/t13-,14?,17?;12-,13-,16-/m11/s1. The second kappa shape index (κ2) is 16.2. The van der Waals surface area contributed by atoms with Gasteiger partial charge in [-0.1, -0.05) is 108 Å². The van der Waals surface area contributed by atoms with Crippen LogP contribution >= 0.6 is 0 Å². The minimum Gasteiger partial charge on any atom is -0.439 e. The summed E-state index contributed by atoms with van der Waals surface area (Å²) in [5, 5.41) is 0. The van der Waals surface area contributed by atoms with Crippen molar-refractivity contribution < 1.29 is 28.7 Å². The number of nitrogens with zero attached hydrogens (tertiary/aromatic N) is 2. The first kappa shape index (κ1) is 33.8. The van der Waals surface area contributed by atoms with Gasteiger partial charge in [0.1, 0.15) is 12.2 Å². The number of benzene rings is 2. The van der Waals surface area contributed by atoms with Crippen molar-refractivity contribution in [3.05, 3.63) is 71.8 Å². The van der Waals surface area contributed by atoms with Gasteiger partial charge in [-0.3, -0.25) is 9.59 Å². The van der Waals surface area contributed by atoms with E-state index in [4.69, 9.17) is 9.47 Å². The Morgan fingerprint density at radius 1 is 0.674 bits per heavy atom. The minimum absolute atomic E-state index is 0.126. The molecule has 2 saturated heterocycles. The molecule has 2 unspecified atom stereocenters. The lowest BCUT2D eigenvalue weighted by Crippen LogP contribution is -2.37. The van der Waals surface area contributed by atoms with Gasteiger partial charge in [-0.2, -0.15) is 0 Å². The van der Waals surface area contributed by atoms with Crippen LogP contribution in [0.4, 0.5) is 9.59 Å². The molecule has 0 saturated carbocycles. The van der Waals surface area contributed by atoms with Crippen molar-refractivity contribution in [3.8, 4) is 0 Å². The van der Waals surface area contributed by atoms with Crippen LogP contribution in [0.3, 0.4) is 0 Å². The van der Waals surface area contributed by atoms with Gasteiger partial charge in [0.2, 0.25) is 11.8 Å². The summed E-state index contributed by atoms with van der Waals surface area (Å²) in [7, 11) is 0. The number of hydrogen-bond donors (Lipinski definition) is 0. The summed E-state index contributed by atoms with van der Waals surface area (Å²) in [6.07, 6.45) is 3.92. The smallest absolute Gasteiger partial charge is 0.417 e. The summed E-state index contributed by atoms with van der Waals surface area (Å²) in [5.74, 6) is 0.741. The average Bonchev–Trinajstić information content (AvgIpc) is 3.48. The molecule has 4 rings (SSSR count). The van der Waals surface area contributed by atoms with Crippen LogP contribution < -0.4 is 0 Å². The number of amides is 4. The molecule has 6 atom stereocenters. The number of cyclic esters (lactones) is 2. The Labute approximate surface area is 256 Å². The molecule has 0 aromatic heterocycles. The molecule has 0 bridgehead atoms. The van der Waals surface area contributed by atoms with E-state index in [0.717, 1.165) is 43.2 Å². The molecule has 8 nitrogen and oxygen atoms in total. The molecule has 2 fully saturated rings. The van der Waals surface area contributed by atoms with Crippen molar-refractivity contribution in [1.82, 2.24) is 9.80 Å². The van der Waals surface area contributed by atoms with E-state index in [2.05, 4.69) is 27.7 Å². The zero-order valence-electron chi connectivity index (χ0n) is 26.5. The number of ether oxygens (including phenoxy) is 2. The summed E-state index contributed by atoms with van der Waals surface area (Å²) < 4.78 is 10.8. The van der Waals surface area contributed by atoms with E-state index in [-0.39, 0.29) is 36.1 Å². The monoisotopic (exact) mass is 592 g/mol. The summed E-state index contributed by atoms with van der Waals surface area (Å²) in [6, 6.07) is 18.6. The Kier molecular flexibility index (Phi) is 12.8. The molecule has 2 aliphatic heterocycles. The number of rotatable bonds is 11. The van der Waals surface area contributed by atoms with Gasteiger partial charge in [-0.05, 0) is 49.7 Å². The van der Waals surface area contributed by atoms with E-state index >= 15 is 0 Å². The zero-order valence-corrected chi connectivity index (χ0v) is 26.5. The number of hydrogen-bond acceptors (Lipinski definition) is 6. The van der Waals surface area contributed by atoms with E-state index in [1.54, 1.807) is 0 Å². The van der Waals surface area contributed by atoms with Crippen LogP contribution in [0, 0.1) is 11.8 Å². The molecule has 0 spiro atoms. The predicted molar refractivity (Wildman–Crippen MR) is 166 cm³/mol. The normalized spacial score (nSPS) is 22.7. The molecule has 0 aliphatic carbocycles. The Morgan fingerprint density at radius 2 is 1.07 bits per heavy atom. The molecule has 8 heteroatoms. The lowest BCUT2D eigenvalue weighted by molar-refractivity contribution is -0.130. The van der Waals surface area contributed by atoms with Crippen molar-refractivity contribution in [2.45, 2.75) is 111 Å². The topological polar surface area (TPSA) is 93.2 Å². The van der Waals surface area contributed by atoms with Crippen molar-refractivity contribution in [1.29, 1.82) is 0 Å². The first-order valence-electron chi connectivity index (χ1n) is 15.7. The van der Waals surface area contributed by atoms with Gasteiger partial charge < -0.3 is 9.47 Å². The summed E-state index contributed by atoms with van der Waals surface area (Å²) in [4.78, 5) is 51.3. The van der Waals surface area contributed by atoms with E-state index in [1.807, 2.05) is 74.5 Å². The highest BCUT2D eigenvalue weighted by molar-refractivity contribution is 5.94. The first-order chi connectivity index (χ1) is 20.6. The predicted octanol–water partition coefficient (Wildman–Crippen LogP) is 8.23. The van der Waals surface area contributed by atoms with Crippen molar-refractivity contribution in [2.24, 2.45) is 11.8 Å². The quantitative estimate of drug-likeness (QED) is 0.261. The number of carbonyl (C=O) groups is 4. The van der Waals surface area contributed by atoms with Crippen LogP contribution in [0.5, 0.6) is 0 Å². The van der Waals surface area contributed by atoms with Crippen LogP contribution in [0.1, 0.15) is 110 Å². The SMILES string of the molecule is CCC[C@@H](C)CCC(=O)N1C(=O)OC(c2ccccc2)C1C.CC[C@@H](C)CCC(=O)N1C(=O)O[C@@H](c2ccccc2)[C@H]1C. The highest BCUT2D eigenvalue weighted by Crippen LogP contribution is 2.34. The second-order valence-electron chi connectivity index (χ2n) is 11.9. The van der Waals surface area contributed by atoms with E-state index < -0.39 is 12.2 Å². The van der Waals surface area contributed by atoms with Gasteiger partial charge in [0.15, 0.2) is 0 Å². The van der Waals surface area contributed by atoms with Crippen molar-refractivity contribution in [2.75, 3.05) is 0 Å². The Hall–Kier alpha value is -3.68. The molecular weight excluding hydrogens is 544 g/mol. The lowest BCUT2D eigenvalue weighted by atomic mass is 9.99. The fourth-order valence-electron chi connectivity index (χ4n) is 5.59. The molecule has 2 heterocycles. The molecule has 2 aliphatic rings. The molecule has 0 radical (unpaired) electrons. The van der Waals surface area contributed by atoms with Gasteiger partial charge in [-0.15, -0.1) is 0 Å². The van der Waals surface area contributed by atoms with Crippen molar-refractivity contribution >= 4 is 24.0 Å². The fraction of sp³-hybridized carbons (Fsp3) is 0.543. The third kappa shape index (κ3) is 8.91. The highest BCUT2D eigenvalue weighted by atomic mass is 16.6. The van der Waals surface area contributed by atoms with E-state index in [0.29, 0.717) is 24.7 Å². The lowest BCUT2D eigenvalue weighted by Gasteiger charge is -2.20. The van der Waals surface area contributed by atoms with Crippen LogP contribution in [-0.2, 0) is 19.1 Å². The third-order valence-electron chi connectivity index (χ3n) is 8.51. The maximum Gasteiger partial charge on any atom is 0.417 e. The van der Waals surface area contributed by atoms with Crippen LogP contribution in [-0.4, -0.2) is 45.9 Å². The first-order valence-corrected chi connectivity index (χ1v) is 15.7. The van der Waals surface area contributed by atoms with Gasteiger partial charge in [0.25, 0.3) is 0 Å². The van der Waals surface area contributed by atoms with Crippen LogP contribution in [0.25, 0.3) is 0 Å². The molecule has 2 aromatic carbocycles. The number of imide groups is 2. The third-order valence-corrected chi connectivity index (χ3v) is 8.51. The molecule has 234 valence electrons. The second-order valence-corrected chi connectivity index (χ2v) is 11.9. The zero-order chi connectivity index (χ0) is 31.5. The van der Waals surface area contributed by atoms with Gasteiger partial charge >= 0.3 is 12.2 Å². The molecular formula is C35H48N2O6. The van der Waals surface area contributed by atoms with E-state index in [9.17, 15) is 19.2 Å². The van der Waals surface area contributed by atoms with Gasteiger partial charge in [0, 0.05) is 12.8 Å². The Balaban J connectivity index is 0.000000236. The summed E-state index contributed by atoms with van der Waals surface area (Å²) >= 11 is 0. The number of carbonyl (C=O) groups excluding carboxylic acids is 4.